The van der Waals surface area contributed by atoms with Crippen molar-refractivity contribution in [3.8, 4) is 0 Å². The molecule has 4 rings (SSSR count). The van der Waals surface area contributed by atoms with E-state index in [0.29, 0.717) is 18.7 Å². The van der Waals surface area contributed by atoms with Crippen LogP contribution >= 0.6 is 12.2 Å². The van der Waals surface area contributed by atoms with E-state index in [2.05, 4.69) is 5.32 Å². The van der Waals surface area contributed by atoms with Gasteiger partial charge in [0, 0.05) is 19.3 Å². The van der Waals surface area contributed by atoms with Gasteiger partial charge in [-0.05, 0) is 49.3 Å². The van der Waals surface area contributed by atoms with E-state index in [0.717, 1.165) is 16.8 Å². The SMILES string of the molecule is Cc1ccc2c(c1)CC1(CN2C)C(=O)NC(=S)N(c2ccccc2)C1=O. The van der Waals surface area contributed by atoms with Crippen LogP contribution in [0.15, 0.2) is 48.5 Å². The van der Waals surface area contributed by atoms with E-state index in [4.69, 9.17) is 12.2 Å². The number of benzene rings is 2. The minimum absolute atomic E-state index is 0.134. The Hall–Kier alpha value is -2.73. The summed E-state index contributed by atoms with van der Waals surface area (Å²) in [5, 5.41) is 2.89. The lowest BCUT2D eigenvalue weighted by molar-refractivity contribution is -0.141. The van der Waals surface area contributed by atoms with Crippen molar-refractivity contribution in [3.05, 3.63) is 59.7 Å². The predicted molar refractivity (Wildman–Crippen MR) is 105 cm³/mol. The van der Waals surface area contributed by atoms with Crippen molar-refractivity contribution in [2.24, 2.45) is 5.41 Å². The second-order valence-electron chi connectivity index (χ2n) is 6.98. The topological polar surface area (TPSA) is 52.7 Å². The molecule has 2 heterocycles. The van der Waals surface area contributed by atoms with Crippen molar-refractivity contribution in [2.75, 3.05) is 23.4 Å². The van der Waals surface area contributed by atoms with E-state index in [9.17, 15) is 9.59 Å². The van der Waals surface area contributed by atoms with Gasteiger partial charge in [0.25, 0.3) is 5.91 Å². The monoisotopic (exact) mass is 365 g/mol. The van der Waals surface area contributed by atoms with Crippen LogP contribution in [0.3, 0.4) is 0 Å². The normalized spacial score (nSPS) is 22.5. The van der Waals surface area contributed by atoms with Gasteiger partial charge in [-0.2, -0.15) is 0 Å². The number of aryl methyl sites for hydroxylation is 1. The fraction of sp³-hybridized carbons (Fsp3) is 0.250. The van der Waals surface area contributed by atoms with Gasteiger partial charge >= 0.3 is 0 Å². The van der Waals surface area contributed by atoms with E-state index in [1.165, 1.54) is 4.90 Å². The summed E-state index contributed by atoms with van der Waals surface area (Å²) < 4.78 is 0. The number of amides is 2. The average Bonchev–Trinajstić information content (AvgIpc) is 2.61. The van der Waals surface area contributed by atoms with Crippen molar-refractivity contribution < 1.29 is 9.59 Å². The molecule has 0 radical (unpaired) electrons. The number of anilines is 2. The Morgan fingerprint density at radius 3 is 2.58 bits per heavy atom. The van der Waals surface area contributed by atoms with Gasteiger partial charge in [-0.15, -0.1) is 0 Å². The summed E-state index contributed by atoms with van der Waals surface area (Å²) in [6.45, 7) is 2.33. The molecular formula is C20H19N3O2S. The molecule has 5 nitrogen and oxygen atoms in total. The lowest BCUT2D eigenvalue weighted by atomic mass is 9.74. The Morgan fingerprint density at radius 2 is 1.85 bits per heavy atom. The third-order valence-corrected chi connectivity index (χ3v) is 5.42. The fourth-order valence-corrected chi connectivity index (χ4v) is 4.16. The minimum Gasteiger partial charge on any atom is -0.373 e. The summed E-state index contributed by atoms with van der Waals surface area (Å²) >= 11 is 5.30. The Morgan fingerprint density at radius 1 is 1.12 bits per heavy atom. The highest BCUT2D eigenvalue weighted by Crippen LogP contribution is 2.40. The molecule has 2 aromatic carbocycles. The third-order valence-electron chi connectivity index (χ3n) is 5.13. The molecule has 26 heavy (non-hydrogen) atoms. The molecule has 2 aliphatic rings. The molecule has 1 N–H and O–H groups in total. The molecule has 0 saturated carbocycles. The summed E-state index contributed by atoms with van der Waals surface area (Å²) in [5.41, 5.74) is 2.64. The molecule has 2 aromatic rings. The van der Waals surface area contributed by atoms with Crippen LogP contribution < -0.4 is 15.1 Å². The van der Waals surface area contributed by atoms with E-state index in [-0.39, 0.29) is 16.9 Å². The highest BCUT2D eigenvalue weighted by Gasteiger charge is 2.55. The first-order valence-electron chi connectivity index (χ1n) is 8.48. The quantitative estimate of drug-likeness (QED) is 0.623. The second-order valence-corrected chi connectivity index (χ2v) is 7.37. The second kappa shape index (κ2) is 5.92. The van der Waals surface area contributed by atoms with Crippen LogP contribution in [0.5, 0.6) is 0 Å². The Labute approximate surface area is 157 Å². The van der Waals surface area contributed by atoms with Gasteiger partial charge < -0.3 is 10.2 Å². The number of para-hydroxylation sites is 1. The molecule has 2 amide bonds. The summed E-state index contributed by atoms with van der Waals surface area (Å²) in [5.74, 6) is -0.588. The molecule has 132 valence electrons. The maximum atomic E-state index is 13.5. The molecule has 6 heteroatoms. The van der Waals surface area contributed by atoms with Crippen LogP contribution in [-0.4, -0.2) is 30.5 Å². The van der Waals surface area contributed by atoms with Crippen molar-refractivity contribution in [3.63, 3.8) is 0 Å². The minimum atomic E-state index is -1.19. The van der Waals surface area contributed by atoms with Crippen LogP contribution in [-0.2, 0) is 16.0 Å². The number of nitrogens with zero attached hydrogens (tertiary/aromatic N) is 2. The van der Waals surface area contributed by atoms with Crippen LogP contribution in [0.1, 0.15) is 11.1 Å². The number of rotatable bonds is 1. The van der Waals surface area contributed by atoms with Crippen molar-refractivity contribution in [2.45, 2.75) is 13.3 Å². The van der Waals surface area contributed by atoms with E-state index < -0.39 is 5.41 Å². The largest absolute Gasteiger partial charge is 0.373 e. The molecule has 1 saturated heterocycles. The van der Waals surface area contributed by atoms with Crippen molar-refractivity contribution in [1.29, 1.82) is 0 Å². The first-order chi connectivity index (χ1) is 12.4. The van der Waals surface area contributed by atoms with E-state index >= 15 is 0 Å². The highest BCUT2D eigenvalue weighted by molar-refractivity contribution is 7.80. The van der Waals surface area contributed by atoms with Crippen LogP contribution in [0.25, 0.3) is 0 Å². The van der Waals surface area contributed by atoms with Crippen molar-refractivity contribution in [1.82, 2.24) is 5.32 Å². The molecule has 2 aliphatic heterocycles. The summed E-state index contributed by atoms with van der Waals surface area (Å²) in [6, 6.07) is 15.3. The van der Waals surface area contributed by atoms with Gasteiger partial charge in [0.15, 0.2) is 10.5 Å². The molecule has 1 atom stereocenters. The number of carbonyl (C=O) groups excluding carboxylic acids is 2. The number of nitrogens with one attached hydrogen (secondary N) is 1. The average molecular weight is 365 g/mol. The van der Waals surface area contributed by atoms with Gasteiger partial charge in [0.05, 0.1) is 5.69 Å². The predicted octanol–water partition coefficient (Wildman–Crippen LogP) is 2.42. The van der Waals surface area contributed by atoms with E-state index in [1.807, 2.05) is 67.4 Å². The molecule has 0 bridgehead atoms. The lowest BCUT2D eigenvalue weighted by Gasteiger charge is -2.46. The molecular weight excluding hydrogens is 346 g/mol. The van der Waals surface area contributed by atoms with Gasteiger partial charge in [-0.3, -0.25) is 14.5 Å². The maximum Gasteiger partial charge on any atom is 0.251 e. The number of carbonyl (C=O) groups is 2. The zero-order chi connectivity index (χ0) is 18.5. The first-order valence-corrected chi connectivity index (χ1v) is 8.89. The summed E-state index contributed by atoms with van der Waals surface area (Å²) in [6.07, 6.45) is 0.366. The number of fused-ring (bicyclic) bond motifs is 1. The highest BCUT2D eigenvalue weighted by atomic mass is 32.1. The van der Waals surface area contributed by atoms with Gasteiger partial charge in [-0.25, -0.2) is 0 Å². The van der Waals surface area contributed by atoms with Gasteiger partial charge in [0.1, 0.15) is 0 Å². The molecule has 1 spiro atoms. The molecule has 1 unspecified atom stereocenters. The first kappa shape index (κ1) is 16.7. The van der Waals surface area contributed by atoms with Crippen LogP contribution in [0.2, 0.25) is 0 Å². The fourth-order valence-electron chi connectivity index (χ4n) is 3.88. The van der Waals surface area contributed by atoms with Gasteiger partial charge in [0.2, 0.25) is 5.91 Å². The third kappa shape index (κ3) is 2.41. The Bertz CT molecular complexity index is 928. The smallest absolute Gasteiger partial charge is 0.251 e. The van der Waals surface area contributed by atoms with Crippen LogP contribution in [0.4, 0.5) is 11.4 Å². The number of thiocarbonyl (C=S) groups is 1. The zero-order valence-corrected chi connectivity index (χ0v) is 15.5. The standard InChI is InChI=1S/C20H19N3O2S/c1-13-8-9-16-14(10-13)11-20(12-22(16)2)17(24)21-19(26)23(18(20)25)15-6-4-3-5-7-15/h3-10H,11-12H2,1-2H3,(H,21,24,26). The van der Waals surface area contributed by atoms with E-state index in [1.54, 1.807) is 0 Å². The molecule has 1 fully saturated rings. The maximum absolute atomic E-state index is 13.5. The molecule has 0 aliphatic carbocycles. The summed E-state index contributed by atoms with van der Waals surface area (Å²) in [4.78, 5) is 29.9. The Balaban J connectivity index is 1.81. The lowest BCUT2D eigenvalue weighted by Crippen LogP contribution is -2.68. The van der Waals surface area contributed by atoms with Crippen LogP contribution in [0, 0.1) is 12.3 Å². The van der Waals surface area contributed by atoms with Gasteiger partial charge in [-0.1, -0.05) is 35.9 Å². The Kier molecular flexibility index (Phi) is 3.80. The zero-order valence-electron chi connectivity index (χ0n) is 14.7. The summed E-state index contributed by atoms with van der Waals surface area (Å²) in [7, 11) is 1.91. The number of hydrogen-bond acceptors (Lipinski definition) is 4. The molecule has 0 aromatic heterocycles. The number of hydrogen-bond donors (Lipinski definition) is 1. The van der Waals surface area contributed by atoms with Crippen molar-refractivity contribution >= 4 is 40.5 Å².